The molecule has 0 radical (unpaired) electrons. The quantitative estimate of drug-likeness (QED) is 0.620. The molecular formula is C23H26Cl2N2O4. The molecule has 1 fully saturated rings. The number of amides is 2. The number of ether oxygens (including phenoxy) is 1. The third kappa shape index (κ3) is 5.77. The van der Waals surface area contributed by atoms with E-state index in [1.165, 1.54) is 0 Å². The number of carbonyl (C=O) groups is 2. The highest BCUT2D eigenvalue weighted by Gasteiger charge is 2.41. The molecule has 3 atom stereocenters. The number of rotatable bonds is 8. The third-order valence-corrected chi connectivity index (χ3v) is 5.87. The maximum absolute atomic E-state index is 13.1. The Morgan fingerprint density at radius 3 is 2.26 bits per heavy atom. The predicted molar refractivity (Wildman–Crippen MR) is 120 cm³/mol. The summed E-state index contributed by atoms with van der Waals surface area (Å²) in [5.41, 5.74) is 1.78. The van der Waals surface area contributed by atoms with Crippen LogP contribution in [0.1, 0.15) is 43.0 Å². The van der Waals surface area contributed by atoms with Gasteiger partial charge in [-0.1, -0.05) is 60.8 Å². The maximum Gasteiger partial charge on any atom is 0.249 e. The van der Waals surface area contributed by atoms with E-state index in [2.05, 4.69) is 5.32 Å². The number of aliphatic hydroxyl groups is 1. The highest BCUT2D eigenvalue weighted by Crippen LogP contribution is 2.42. The van der Waals surface area contributed by atoms with Crippen LogP contribution in [-0.4, -0.2) is 47.6 Å². The lowest BCUT2D eigenvalue weighted by Crippen LogP contribution is -2.54. The fourth-order valence-electron chi connectivity index (χ4n) is 3.95. The van der Waals surface area contributed by atoms with E-state index in [4.69, 9.17) is 33.0 Å². The van der Waals surface area contributed by atoms with Gasteiger partial charge >= 0.3 is 0 Å². The molecule has 1 heterocycles. The Bertz CT molecular complexity index is 889. The normalized spacial score (nSPS) is 19.9. The van der Waals surface area contributed by atoms with Gasteiger partial charge < -0.3 is 20.1 Å². The first-order chi connectivity index (χ1) is 14.9. The molecule has 2 aromatic rings. The molecule has 1 aliphatic rings. The van der Waals surface area contributed by atoms with Crippen molar-refractivity contribution in [3.63, 3.8) is 0 Å². The fourth-order valence-corrected chi connectivity index (χ4v) is 4.20. The van der Waals surface area contributed by atoms with E-state index in [0.29, 0.717) is 16.5 Å². The Labute approximate surface area is 192 Å². The summed E-state index contributed by atoms with van der Waals surface area (Å²) in [4.78, 5) is 26.6. The van der Waals surface area contributed by atoms with E-state index < -0.39 is 24.7 Å². The van der Waals surface area contributed by atoms with Crippen LogP contribution in [0.5, 0.6) is 0 Å². The molecule has 0 saturated carbocycles. The largest absolute Gasteiger partial charge is 0.387 e. The molecule has 6 nitrogen and oxygen atoms in total. The van der Waals surface area contributed by atoms with E-state index in [0.717, 1.165) is 17.5 Å². The lowest BCUT2D eigenvalue weighted by molar-refractivity contribution is -0.163. The number of hydrogen-bond acceptors (Lipinski definition) is 4. The molecule has 3 rings (SSSR count). The van der Waals surface area contributed by atoms with Crippen LogP contribution in [-0.2, 0) is 14.3 Å². The molecule has 1 aliphatic heterocycles. The maximum atomic E-state index is 13.1. The predicted octanol–water partition coefficient (Wildman–Crippen LogP) is 3.91. The second kappa shape index (κ2) is 11.0. The van der Waals surface area contributed by atoms with Gasteiger partial charge in [0, 0.05) is 22.6 Å². The molecular weight excluding hydrogens is 439 g/mol. The summed E-state index contributed by atoms with van der Waals surface area (Å²) < 4.78 is 6.02. The number of benzene rings is 2. The first-order valence-corrected chi connectivity index (χ1v) is 11.0. The third-order valence-electron chi connectivity index (χ3n) is 5.36. The van der Waals surface area contributed by atoms with Crippen LogP contribution in [0, 0.1) is 0 Å². The molecule has 0 bridgehead atoms. The Hall–Kier alpha value is -2.12. The van der Waals surface area contributed by atoms with Crippen molar-refractivity contribution >= 4 is 35.0 Å². The van der Waals surface area contributed by atoms with Crippen molar-refractivity contribution in [1.29, 1.82) is 0 Å². The average molecular weight is 465 g/mol. The minimum Gasteiger partial charge on any atom is -0.387 e. The molecule has 166 valence electrons. The van der Waals surface area contributed by atoms with Crippen molar-refractivity contribution in [3.05, 3.63) is 69.7 Å². The van der Waals surface area contributed by atoms with Gasteiger partial charge in [0.15, 0.2) is 0 Å². The molecule has 31 heavy (non-hydrogen) atoms. The van der Waals surface area contributed by atoms with Crippen molar-refractivity contribution in [1.82, 2.24) is 10.2 Å². The molecule has 2 N–H and O–H groups in total. The summed E-state index contributed by atoms with van der Waals surface area (Å²) in [6, 6.07) is 14.1. The Kier molecular flexibility index (Phi) is 8.32. The zero-order valence-corrected chi connectivity index (χ0v) is 18.8. The summed E-state index contributed by atoms with van der Waals surface area (Å²) in [5, 5.41) is 13.0. The number of nitrogens with one attached hydrogen (secondary N) is 1. The minimum absolute atomic E-state index is 0.0639. The number of nitrogens with zero attached hydrogens (tertiary/aromatic N) is 1. The highest BCUT2D eigenvalue weighted by atomic mass is 35.5. The molecule has 0 aromatic heterocycles. The Morgan fingerprint density at radius 2 is 1.71 bits per heavy atom. The Morgan fingerprint density at radius 1 is 1.13 bits per heavy atom. The van der Waals surface area contributed by atoms with Crippen LogP contribution >= 0.6 is 23.2 Å². The Balaban J connectivity index is 2.03. The molecule has 0 aliphatic carbocycles. The number of halogens is 2. The summed E-state index contributed by atoms with van der Waals surface area (Å²) in [5.74, 6) is -0.624. The summed E-state index contributed by atoms with van der Waals surface area (Å²) >= 11 is 12.2. The van der Waals surface area contributed by atoms with Crippen LogP contribution < -0.4 is 5.32 Å². The van der Waals surface area contributed by atoms with Crippen molar-refractivity contribution < 1.29 is 19.4 Å². The number of morpholine rings is 1. The van der Waals surface area contributed by atoms with Crippen molar-refractivity contribution in [2.45, 2.75) is 38.0 Å². The molecule has 0 unspecified atom stereocenters. The smallest absolute Gasteiger partial charge is 0.249 e. The number of carbonyl (C=O) groups excluding carboxylic acids is 2. The van der Waals surface area contributed by atoms with Crippen LogP contribution in [0.15, 0.2) is 48.5 Å². The zero-order chi connectivity index (χ0) is 22.4. The van der Waals surface area contributed by atoms with Gasteiger partial charge in [0.2, 0.25) is 11.8 Å². The standard InChI is InChI=1S/C23H26Cl2N2O4/c1-2-3-19(12-26-20(29)13-28)27-21(30)14-31-23(16-6-10-18(25)11-7-16)22(27)15-4-8-17(24)9-5-15/h4-11,19,22-23,28H,2-3,12-14H2,1H3,(H,26,29)/t19-,22+,23-/m1/s1. The monoisotopic (exact) mass is 464 g/mol. The molecule has 2 amide bonds. The van der Waals surface area contributed by atoms with Crippen molar-refractivity contribution in [2.75, 3.05) is 19.8 Å². The van der Waals surface area contributed by atoms with Crippen LogP contribution in [0.25, 0.3) is 0 Å². The molecule has 8 heteroatoms. The lowest BCUT2D eigenvalue weighted by Gasteiger charge is -2.45. The lowest BCUT2D eigenvalue weighted by atomic mass is 9.90. The van der Waals surface area contributed by atoms with E-state index in [9.17, 15) is 9.59 Å². The van der Waals surface area contributed by atoms with Gasteiger partial charge in [0.05, 0.1) is 6.04 Å². The fraction of sp³-hybridized carbons (Fsp3) is 0.391. The second-order valence-corrected chi connectivity index (χ2v) is 8.36. The van der Waals surface area contributed by atoms with Crippen molar-refractivity contribution in [3.8, 4) is 0 Å². The van der Waals surface area contributed by atoms with E-state index >= 15 is 0 Å². The van der Waals surface area contributed by atoms with Gasteiger partial charge in [0.25, 0.3) is 0 Å². The first-order valence-electron chi connectivity index (χ1n) is 10.3. The summed E-state index contributed by atoms with van der Waals surface area (Å²) in [6.07, 6.45) is 1.10. The van der Waals surface area contributed by atoms with Crippen LogP contribution in [0.4, 0.5) is 0 Å². The number of hydrogen-bond donors (Lipinski definition) is 2. The molecule has 1 saturated heterocycles. The van der Waals surface area contributed by atoms with Crippen LogP contribution in [0.3, 0.4) is 0 Å². The average Bonchev–Trinajstić information content (AvgIpc) is 2.77. The molecule has 0 spiro atoms. The second-order valence-electron chi connectivity index (χ2n) is 7.49. The van der Waals surface area contributed by atoms with Crippen molar-refractivity contribution in [2.24, 2.45) is 0 Å². The molecule has 2 aromatic carbocycles. The van der Waals surface area contributed by atoms with E-state index in [1.807, 2.05) is 36.1 Å². The van der Waals surface area contributed by atoms with Gasteiger partial charge in [0.1, 0.15) is 19.3 Å². The first kappa shape index (κ1) is 23.5. The van der Waals surface area contributed by atoms with Gasteiger partial charge in [-0.3, -0.25) is 9.59 Å². The van der Waals surface area contributed by atoms with E-state index in [-0.39, 0.29) is 25.1 Å². The zero-order valence-electron chi connectivity index (χ0n) is 17.3. The summed E-state index contributed by atoms with van der Waals surface area (Å²) in [7, 11) is 0. The van der Waals surface area contributed by atoms with Gasteiger partial charge in [-0.15, -0.1) is 0 Å². The van der Waals surface area contributed by atoms with E-state index in [1.54, 1.807) is 24.3 Å². The highest BCUT2D eigenvalue weighted by molar-refractivity contribution is 6.30. The summed E-state index contributed by atoms with van der Waals surface area (Å²) in [6.45, 7) is 1.62. The SMILES string of the molecule is CCC[C@H](CNC(=O)CO)N1C(=O)CO[C@H](c2ccc(Cl)cc2)[C@@H]1c1ccc(Cl)cc1. The van der Waals surface area contributed by atoms with Gasteiger partial charge in [-0.25, -0.2) is 0 Å². The van der Waals surface area contributed by atoms with Gasteiger partial charge in [-0.05, 0) is 41.8 Å². The van der Waals surface area contributed by atoms with Gasteiger partial charge in [-0.2, -0.15) is 0 Å². The van der Waals surface area contributed by atoms with Crippen LogP contribution in [0.2, 0.25) is 10.0 Å². The minimum atomic E-state index is -0.593. The topological polar surface area (TPSA) is 78.9 Å². The number of aliphatic hydroxyl groups excluding tert-OH is 1.